The van der Waals surface area contributed by atoms with Crippen LogP contribution < -0.4 is 20.7 Å². The van der Waals surface area contributed by atoms with Crippen LogP contribution in [0.25, 0.3) is 0 Å². The number of hydrogen-bond acceptors (Lipinski definition) is 5. The summed E-state index contributed by atoms with van der Waals surface area (Å²) in [7, 11) is 0. The number of hydrogen-bond donors (Lipinski definition) is 4. The van der Waals surface area contributed by atoms with Crippen LogP contribution in [-0.4, -0.2) is 54.8 Å². The van der Waals surface area contributed by atoms with Gasteiger partial charge in [-0.3, -0.25) is 9.59 Å². The van der Waals surface area contributed by atoms with Crippen LogP contribution in [-0.2, 0) is 9.59 Å². The molecule has 33 heavy (non-hydrogen) atoms. The second-order valence-corrected chi connectivity index (χ2v) is 9.60. The molecule has 3 fully saturated rings. The van der Waals surface area contributed by atoms with Gasteiger partial charge in [-0.2, -0.15) is 0 Å². The highest BCUT2D eigenvalue weighted by atomic mass is 35.5. The van der Waals surface area contributed by atoms with Crippen LogP contribution in [0.3, 0.4) is 0 Å². The van der Waals surface area contributed by atoms with E-state index in [-0.39, 0.29) is 59.8 Å². The number of ether oxygens (including phenoxy) is 1. The van der Waals surface area contributed by atoms with Crippen molar-refractivity contribution in [1.82, 2.24) is 16.0 Å². The Kier molecular flexibility index (Phi) is 7.88. The van der Waals surface area contributed by atoms with E-state index in [9.17, 15) is 14.0 Å². The van der Waals surface area contributed by atoms with Crippen molar-refractivity contribution < 1.29 is 23.8 Å². The fourth-order valence-corrected chi connectivity index (χ4v) is 5.45. The SMILES string of the molecule is O=C(COc1ccc(Cl)c(F)c1)N[C@H]1CC(NC(=O)C2CC(/C=C/CO)CCN2)C2CCC21. The number of halogens is 2. The van der Waals surface area contributed by atoms with Crippen molar-refractivity contribution in [3.05, 3.63) is 41.2 Å². The maximum Gasteiger partial charge on any atom is 0.258 e. The lowest BCUT2D eigenvalue weighted by molar-refractivity contribution is -0.125. The highest BCUT2D eigenvalue weighted by Gasteiger charge is 2.49. The van der Waals surface area contributed by atoms with Crippen molar-refractivity contribution in [2.45, 2.75) is 50.2 Å². The Bertz CT molecular complexity index is 898. The van der Waals surface area contributed by atoms with Gasteiger partial charge in [-0.1, -0.05) is 23.8 Å². The molecule has 5 unspecified atom stereocenters. The van der Waals surface area contributed by atoms with E-state index in [2.05, 4.69) is 16.0 Å². The molecule has 0 aromatic heterocycles. The third kappa shape index (κ3) is 5.86. The summed E-state index contributed by atoms with van der Waals surface area (Å²) in [5.74, 6) is 0.413. The van der Waals surface area contributed by atoms with Gasteiger partial charge < -0.3 is 25.8 Å². The number of fused-ring (bicyclic) bond motifs is 1. The molecule has 0 spiro atoms. The number of carbonyl (C=O) groups is 2. The van der Waals surface area contributed by atoms with Crippen LogP contribution >= 0.6 is 11.6 Å². The molecule has 2 saturated carbocycles. The van der Waals surface area contributed by atoms with Gasteiger partial charge in [-0.05, 0) is 68.5 Å². The summed E-state index contributed by atoms with van der Waals surface area (Å²) in [6.45, 7) is 0.576. The topological polar surface area (TPSA) is 99.7 Å². The van der Waals surface area contributed by atoms with E-state index in [1.807, 2.05) is 6.08 Å². The molecule has 2 amide bonds. The fourth-order valence-electron chi connectivity index (χ4n) is 5.33. The number of nitrogens with one attached hydrogen (secondary N) is 3. The van der Waals surface area contributed by atoms with E-state index < -0.39 is 5.82 Å². The van der Waals surface area contributed by atoms with E-state index in [4.69, 9.17) is 21.4 Å². The molecule has 4 N–H and O–H groups in total. The van der Waals surface area contributed by atoms with Crippen LogP contribution in [0, 0.1) is 23.6 Å². The van der Waals surface area contributed by atoms with Crippen LogP contribution in [0.5, 0.6) is 5.75 Å². The Hall–Kier alpha value is -2.16. The van der Waals surface area contributed by atoms with Gasteiger partial charge in [0.2, 0.25) is 5.91 Å². The minimum atomic E-state index is -0.593. The van der Waals surface area contributed by atoms with Gasteiger partial charge in [-0.15, -0.1) is 0 Å². The summed E-state index contributed by atoms with van der Waals surface area (Å²) in [6, 6.07) is 3.86. The van der Waals surface area contributed by atoms with Gasteiger partial charge in [0, 0.05) is 18.2 Å². The van der Waals surface area contributed by atoms with E-state index in [1.54, 1.807) is 6.08 Å². The van der Waals surface area contributed by atoms with Gasteiger partial charge in [0.15, 0.2) is 6.61 Å². The quantitative estimate of drug-likeness (QED) is 0.428. The minimum Gasteiger partial charge on any atom is -0.484 e. The Balaban J connectivity index is 1.25. The lowest BCUT2D eigenvalue weighted by Gasteiger charge is -2.37. The van der Waals surface area contributed by atoms with Gasteiger partial charge >= 0.3 is 0 Å². The maximum atomic E-state index is 13.5. The molecule has 3 aliphatic rings. The number of allylic oxidation sites excluding steroid dienone is 1. The number of carbonyl (C=O) groups excluding carboxylic acids is 2. The first-order valence-corrected chi connectivity index (χ1v) is 12.0. The van der Waals surface area contributed by atoms with E-state index in [0.717, 1.165) is 31.9 Å². The molecular weight excluding hydrogens is 449 g/mol. The van der Waals surface area contributed by atoms with Gasteiger partial charge in [0.25, 0.3) is 5.91 Å². The molecule has 0 bridgehead atoms. The number of piperidine rings is 1. The van der Waals surface area contributed by atoms with E-state index in [1.165, 1.54) is 12.1 Å². The molecule has 9 heteroatoms. The first-order chi connectivity index (χ1) is 15.9. The third-order valence-corrected chi connectivity index (χ3v) is 7.44. The predicted octanol–water partition coefficient (Wildman–Crippen LogP) is 2.17. The molecular formula is C24H31ClFN3O4. The molecule has 1 aromatic rings. The lowest BCUT2D eigenvalue weighted by Crippen LogP contribution is -2.52. The summed E-state index contributed by atoms with van der Waals surface area (Å²) in [6.07, 6.45) is 8.16. The summed E-state index contributed by atoms with van der Waals surface area (Å²) in [5.41, 5.74) is 0. The standard InChI is InChI=1S/C24H31ClFN3O4/c25-18-6-3-15(11-19(18)26)33-13-23(31)28-20-12-21(17-5-4-16(17)20)29-24(32)22-10-14(2-1-9-30)7-8-27-22/h1-3,6,11,14,16-17,20-22,27,30H,4-5,7-10,12-13H2,(H,28,31)(H,29,32)/b2-1+/t14?,16?,17?,20-,21?,22?/m0/s1. The normalized spacial score (nSPS) is 31.0. The second-order valence-electron chi connectivity index (χ2n) is 9.20. The van der Waals surface area contributed by atoms with Crippen molar-refractivity contribution in [2.24, 2.45) is 17.8 Å². The first kappa shape index (κ1) is 24.0. The van der Waals surface area contributed by atoms with Crippen molar-refractivity contribution in [1.29, 1.82) is 0 Å². The number of amides is 2. The van der Waals surface area contributed by atoms with E-state index >= 15 is 0 Å². The van der Waals surface area contributed by atoms with Crippen LogP contribution in [0.1, 0.15) is 32.1 Å². The molecule has 1 aliphatic heterocycles. The molecule has 6 atom stereocenters. The van der Waals surface area contributed by atoms with Crippen LogP contribution in [0.4, 0.5) is 4.39 Å². The van der Waals surface area contributed by atoms with Gasteiger partial charge in [-0.25, -0.2) is 4.39 Å². The Morgan fingerprint density at radius 1 is 1.18 bits per heavy atom. The average Bonchev–Trinajstić information content (AvgIpc) is 3.00. The number of aliphatic hydroxyl groups is 1. The highest BCUT2D eigenvalue weighted by Crippen LogP contribution is 2.47. The fraction of sp³-hybridized carbons (Fsp3) is 0.583. The summed E-state index contributed by atoms with van der Waals surface area (Å²) in [5, 5.41) is 18.5. The van der Waals surface area contributed by atoms with Gasteiger partial charge in [0.05, 0.1) is 17.7 Å². The second kappa shape index (κ2) is 10.8. The predicted molar refractivity (Wildman–Crippen MR) is 122 cm³/mol. The Morgan fingerprint density at radius 3 is 2.64 bits per heavy atom. The largest absolute Gasteiger partial charge is 0.484 e. The number of rotatable bonds is 8. The molecule has 1 aromatic carbocycles. The monoisotopic (exact) mass is 479 g/mol. The lowest BCUT2D eigenvalue weighted by atomic mass is 9.73. The van der Waals surface area contributed by atoms with Crippen molar-refractivity contribution in [2.75, 3.05) is 19.8 Å². The first-order valence-electron chi connectivity index (χ1n) is 11.6. The van der Waals surface area contributed by atoms with Gasteiger partial charge in [0.1, 0.15) is 11.6 Å². The van der Waals surface area contributed by atoms with Crippen LogP contribution in [0.15, 0.2) is 30.4 Å². The van der Waals surface area contributed by atoms with Crippen LogP contribution in [0.2, 0.25) is 5.02 Å². The summed E-state index contributed by atoms with van der Waals surface area (Å²) in [4.78, 5) is 25.3. The Labute approximate surface area is 198 Å². The molecule has 1 saturated heterocycles. The zero-order valence-corrected chi connectivity index (χ0v) is 19.2. The van der Waals surface area contributed by atoms with E-state index in [0.29, 0.717) is 24.7 Å². The molecule has 2 aliphatic carbocycles. The molecule has 4 rings (SSSR count). The number of aliphatic hydroxyl groups excluding tert-OH is 1. The molecule has 7 nitrogen and oxygen atoms in total. The molecule has 1 heterocycles. The highest BCUT2D eigenvalue weighted by molar-refractivity contribution is 6.30. The minimum absolute atomic E-state index is 0.00226. The summed E-state index contributed by atoms with van der Waals surface area (Å²) >= 11 is 5.66. The van der Waals surface area contributed by atoms with Crippen molar-refractivity contribution in [3.8, 4) is 5.75 Å². The molecule has 0 radical (unpaired) electrons. The maximum absolute atomic E-state index is 13.5. The average molecular weight is 480 g/mol. The molecule has 180 valence electrons. The zero-order valence-electron chi connectivity index (χ0n) is 18.4. The van der Waals surface area contributed by atoms with Crippen molar-refractivity contribution in [3.63, 3.8) is 0 Å². The third-order valence-electron chi connectivity index (χ3n) is 7.13. The van der Waals surface area contributed by atoms with Crippen molar-refractivity contribution >= 4 is 23.4 Å². The zero-order chi connectivity index (χ0) is 23.4. The number of benzene rings is 1. The Morgan fingerprint density at radius 2 is 1.94 bits per heavy atom. The summed E-state index contributed by atoms with van der Waals surface area (Å²) < 4.78 is 18.9. The smallest absolute Gasteiger partial charge is 0.258 e.